The molecule has 0 heterocycles. The van der Waals surface area contributed by atoms with Gasteiger partial charge in [0.05, 0.1) is 4.99 Å². The topological polar surface area (TPSA) is 3.24 Å². The van der Waals surface area contributed by atoms with E-state index < -0.39 is 0 Å². The molecular weight excluding hydrogens is 246 g/mol. The summed E-state index contributed by atoms with van der Waals surface area (Å²) >= 11 is 8.60. The fourth-order valence-corrected chi connectivity index (χ4v) is 1.37. The summed E-state index contributed by atoms with van der Waals surface area (Å²) in [6, 6.07) is 8.24. The summed E-state index contributed by atoms with van der Waals surface area (Å²) in [6.45, 7) is 0. The molecule has 0 atom stereocenters. The average molecular weight is 258 g/mol. The first kappa shape index (κ1) is 10.7. The van der Waals surface area contributed by atoms with E-state index in [1.807, 2.05) is 31.1 Å². The zero-order chi connectivity index (χ0) is 9.84. The van der Waals surface area contributed by atoms with E-state index in [1.165, 1.54) is 5.56 Å². The summed E-state index contributed by atoms with van der Waals surface area (Å²) in [6.07, 6.45) is 0.843. The van der Waals surface area contributed by atoms with E-state index in [1.54, 1.807) is 0 Å². The van der Waals surface area contributed by atoms with Crippen LogP contribution in [0.5, 0.6) is 0 Å². The molecule has 0 aliphatic heterocycles. The van der Waals surface area contributed by atoms with Gasteiger partial charge in [0.25, 0.3) is 0 Å². The van der Waals surface area contributed by atoms with Gasteiger partial charge in [-0.3, -0.25) is 0 Å². The number of hydrogen-bond acceptors (Lipinski definition) is 1. The Labute approximate surface area is 92.9 Å². The quantitative estimate of drug-likeness (QED) is 0.750. The van der Waals surface area contributed by atoms with Crippen molar-refractivity contribution in [3.63, 3.8) is 0 Å². The molecule has 13 heavy (non-hydrogen) atoms. The highest BCUT2D eigenvalue weighted by atomic mass is 79.9. The zero-order valence-corrected chi connectivity index (χ0v) is 10.2. The molecule has 0 amide bonds. The van der Waals surface area contributed by atoms with Crippen molar-refractivity contribution in [1.82, 2.24) is 4.90 Å². The Morgan fingerprint density at radius 2 is 1.85 bits per heavy atom. The van der Waals surface area contributed by atoms with Gasteiger partial charge in [0.1, 0.15) is 0 Å². The standard InChI is InChI=1S/C10H12BrNS/c1-12(2)10(13)7-8-3-5-9(11)6-4-8/h3-6H,7H2,1-2H3. The molecule has 0 saturated heterocycles. The second-order valence-corrected chi connectivity index (χ2v) is 4.48. The molecule has 0 saturated carbocycles. The summed E-state index contributed by atoms with van der Waals surface area (Å²) in [5, 5.41) is 0. The molecule has 0 radical (unpaired) electrons. The molecule has 1 nitrogen and oxygen atoms in total. The van der Waals surface area contributed by atoms with Crippen LogP contribution in [0.2, 0.25) is 0 Å². The Hall–Kier alpha value is -0.410. The molecule has 3 heteroatoms. The lowest BCUT2D eigenvalue weighted by Gasteiger charge is -2.13. The molecule has 70 valence electrons. The molecule has 1 rings (SSSR count). The van der Waals surface area contributed by atoms with Crippen molar-refractivity contribution in [2.24, 2.45) is 0 Å². The largest absolute Gasteiger partial charge is 0.372 e. The van der Waals surface area contributed by atoms with Crippen LogP contribution in [-0.2, 0) is 6.42 Å². The SMILES string of the molecule is CN(C)C(=S)Cc1ccc(Br)cc1. The van der Waals surface area contributed by atoms with Crippen molar-refractivity contribution in [2.75, 3.05) is 14.1 Å². The Morgan fingerprint density at radius 3 is 2.31 bits per heavy atom. The maximum Gasteiger partial charge on any atom is 0.0818 e. The summed E-state index contributed by atoms with van der Waals surface area (Å²) < 4.78 is 1.10. The predicted octanol–water partition coefficient (Wildman–Crippen LogP) is 2.88. The highest BCUT2D eigenvalue weighted by molar-refractivity contribution is 9.10. The van der Waals surface area contributed by atoms with Crippen molar-refractivity contribution in [2.45, 2.75) is 6.42 Å². The number of thiocarbonyl (C=S) groups is 1. The van der Waals surface area contributed by atoms with Crippen LogP contribution in [0.25, 0.3) is 0 Å². The molecule has 0 aliphatic carbocycles. The summed E-state index contributed by atoms with van der Waals surface area (Å²) in [7, 11) is 3.95. The van der Waals surface area contributed by atoms with E-state index in [-0.39, 0.29) is 0 Å². The van der Waals surface area contributed by atoms with E-state index in [2.05, 4.69) is 28.1 Å². The summed E-state index contributed by atoms with van der Waals surface area (Å²) in [5.74, 6) is 0. The number of halogens is 1. The first-order valence-corrected chi connectivity index (χ1v) is 5.24. The fourth-order valence-electron chi connectivity index (χ4n) is 0.935. The van der Waals surface area contributed by atoms with Crippen LogP contribution < -0.4 is 0 Å². The van der Waals surface area contributed by atoms with Gasteiger partial charge in [-0.25, -0.2) is 0 Å². The van der Waals surface area contributed by atoms with Crippen LogP contribution in [-0.4, -0.2) is 24.0 Å². The Kier molecular flexibility index (Phi) is 3.88. The Bertz CT molecular complexity index is 292. The van der Waals surface area contributed by atoms with Crippen LogP contribution in [0, 0.1) is 0 Å². The van der Waals surface area contributed by atoms with Crippen molar-refractivity contribution in [3.8, 4) is 0 Å². The highest BCUT2D eigenvalue weighted by Gasteiger charge is 2.00. The van der Waals surface area contributed by atoms with Crippen LogP contribution >= 0.6 is 28.1 Å². The minimum Gasteiger partial charge on any atom is -0.372 e. The second-order valence-electron chi connectivity index (χ2n) is 3.09. The van der Waals surface area contributed by atoms with Gasteiger partial charge in [0.15, 0.2) is 0 Å². The third-order valence-electron chi connectivity index (χ3n) is 1.77. The lowest BCUT2D eigenvalue weighted by atomic mass is 10.1. The number of rotatable bonds is 2. The van der Waals surface area contributed by atoms with Crippen molar-refractivity contribution in [1.29, 1.82) is 0 Å². The molecule has 0 unspecified atom stereocenters. The predicted molar refractivity (Wildman–Crippen MR) is 64.1 cm³/mol. The molecule has 0 N–H and O–H groups in total. The number of hydrogen-bond donors (Lipinski definition) is 0. The van der Waals surface area contributed by atoms with Crippen molar-refractivity contribution in [3.05, 3.63) is 34.3 Å². The lowest BCUT2D eigenvalue weighted by Crippen LogP contribution is -2.21. The summed E-state index contributed by atoms with van der Waals surface area (Å²) in [5.41, 5.74) is 1.25. The second kappa shape index (κ2) is 4.72. The molecule has 0 spiro atoms. The van der Waals surface area contributed by atoms with Gasteiger partial charge >= 0.3 is 0 Å². The third kappa shape index (κ3) is 3.44. The van der Waals surface area contributed by atoms with Crippen LogP contribution in [0.3, 0.4) is 0 Å². The monoisotopic (exact) mass is 257 g/mol. The van der Waals surface area contributed by atoms with Gasteiger partial charge < -0.3 is 4.90 Å². The van der Waals surface area contributed by atoms with Gasteiger partial charge in [-0.2, -0.15) is 0 Å². The lowest BCUT2D eigenvalue weighted by molar-refractivity contribution is 0.624. The normalized spacial score (nSPS) is 9.77. The third-order valence-corrected chi connectivity index (χ3v) is 2.81. The Morgan fingerprint density at radius 1 is 1.31 bits per heavy atom. The van der Waals surface area contributed by atoms with E-state index >= 15 is 0 Å². The molecule has 0 bridgehead atoms. The van der Waals surface area contributed by atoms with Crippen LogP contribution in [0.4, 0.5) is 0 Å². The minimum absolute atomic E-state index is 0.843. The van der Waals surface area contributed by atoms with Crippen molar-refractivity contribution < 1.29 is 0 Å². The van der Waals surface area contributed by atoms with Crippen LogP contribution in [0.1, 0.15) is 5.56 Å². The molecule has 0 fully saturated rings. The van der Waals surface area contributed by atoms with E-state index in [0.29, 0.717) is 0 Å². The highest BCUT2D eigenvalue weighted by Crippen LogP contribution is 2.11. The average Bonchev–Trinajstić information content (AvgIpc) is 2.08. The molecular formula is C10H12BrNS. The molecule has 1 aromatic carbocycles. The van der Waals surface area contributed by atoms with Crippen molar-refractivity contribution >= 4 is 33.1 Å². The van der Waals surface area contributed by atoms with Gasteiger partial charge in [-0.1, -0.05) is 40.3 Å². The maximum atomic E-state index is 5.21. The van der Waals surface area contributed by atoms with E-state index in [0.717, 1.165) is 15.9 Å². The Balaban J connectivity index is 2.65. The molecule has 1 aromatic rings. The van der Waals surface area contributed by atoms with E-state index in [4.69, 9.17) is 12.2 Å². The zero-order valence-electron chi connectivity index (χ0n) is 7.75. The molecule has 0 aromatic heterocycles. The van der Waals surface area contributed by atoms with E-state index in [9.17, 15) is 0 Å². The maximum absolute atomic E-state index is 5.21. The first-order chi connectivity index (χ1) is 6.09. The van der Waals surface area contributed by atoms with Gasteiger partial charge in [0, 0.05) is 25.0 Å². The van der Waals surface area contributed by atoms with Gasteiger partial charge in [0.2, 0.25) is 0 Å². The fraction of sp³-hybridized carbons (Fsp3) is 0.300. The minimum atomic E-state index is 0.843. The number of nitrogens with zero attached hydrogens (tertiary/aromatic N) is 1. The molecule has 0 aliphatic rings. The van der Waals surface area contributed by atoms with Gasteiger partial charge in [-0.15, -0.1) is 0 Å². The number of likely N-dealkylation sites (N-methyl/N-ethyl adjacent to an activating group) is 1. The van der Waals surface area contributed by atoms with Gasteiger partial charge in [-0.05, 0) is 17.7 Å². The van der Waals surface area contributed by atoms with Crippen LogP contribution in [0.15, 0.2) is 28.7 Å². The number of benzene rings is 1. The smallest absolute Gasteiger partial charge is 0.0818 e. The first-order valence-electron chi connectivity index (χ1n) is 4.04. The summed E-state index contributed by atoms with van der Waals surface area (Å²) in [4.78, 5) is 2.93.